The predicted octanol–water partition coefficient (Wildman–Crippen LogP) is 1.89. The van der Waals surface area contributed by atoms with Gasteiger partial charge in [-0.15, -0.1) is 0 Å². The molecule has 64 valence electrons. The van der Waals surface area contributed by atoms with Crippen LogP contribution in [0.1, 0.15) is 24.5 Å². The van der Waals surface area contributed by atoms with Crippen LogP contribution in [0.15, 0.2) is 24.3 Å². The zero-order chi connectivity index (χ0) is 8.39. The van der Waals surface area contributed by atoms with E-state index in [1.54, 1.807) is 0 Å². The molecule has 1 heterocycles. The van der Waals surface area contributed by atoms with E-state index in [4.69, 9.17) is 4.74 Å². The van der Waals surface area contributed by atoms with Crippen molar-refractivity contribution < 1.29 is 9.84 Å². The average Bonchev–Trinajstić information content (AvgIpc) is 2.29. The van der Waals surface area contributed by atoms with E-state index < -0.39 is 0 Å². The SMILES string of the molecule is OC1CCCOc2ccccc21. The summed E-state index contributed by atoms with van der Waals surface area (Å²) in [6, 6.07) is 7.68. The highest BCUT2D eigenvalue weighted by molar-refractivity contribution is 5.35. The number of para-hydroxylation sites is 1. The van der Waals surface area contributed by atoms with E-state index in [0.29, 0.717) is 6.61 Å². The van der Waals surface area contributed by atoms with Gasteiger partial charge in [-0.25, -0.2) is 0 Å². The van der Waals surface area contributed by atoms with Gasteiger partial charge in [-0.2, -0.15) is 0 Å². The smallest absolute Gasteiger partial charge is 0.125 e. The van der Waals surface area contributed by atoms with Gasteiger partial charge in [-0.3, -0.25) is 0 Å². The Hall–Kier alpha value is -1.02. The summed E-state index contributed by atoms with van der Waals surface area (Å²) in [5.74, 6) is 0.836. The van der Waals surface area contributed by atoms with Gasteiger partial charge in [-0.05, 0) is 18.9 Å². The number of rotatable bonds is 0. The van der Waals surface area contributed by atoms with Crippen molar-refractivity contribution in [2.45, 2.75) is 18.9 Å². The Morgan fingerprint density at radius 1 is 1.33 bits per heavy atom. The molecule has 1 unspecified atom stereocenters. The van der Waals surface area contributed by atoms with Crippen LogP contribution < -0.4 is 4.74 Å². The van der Waals surface area contributed by atoms with E-state index in [0.717, 1.165) is 24.2 Å². The molecule has 0 bridgehead atoms. The second kappa shape index (κ2) is 3.15. The molecule has 0 fully saturated rings. The van der Waals surface area contributed by atoms with Gasteiger partial charge in [0.15, 0.2) is 0 Å². The molecule has 0 saturated carbocycles. The first-order valence-corrected chi connectivity index (χ1v) is 4.28. The summed E-state index contributed by atoms with van der Waals surface area (Å²) in [5, 5.41) is 9.66. The van der Waals surface area contributed by atoms with Crippen LogP contribution in [0, 0.1) is 0 Å². The van der Waals surface area contributed by atoms with Crippen molar-refractivity contribution in [3.8, 4) is 5.75 Å². The van der Waals surface area contributed by atoms with Crippen molar-refractivity contribution in [3.63, 3.8) is 0 Å². The molecule has 1 atom stereocenters. The fourth-order valence-corrected chi connectivity index (χ4v) is 1.50. The van der Waals surface area contributed by atoms with Gasteiger partial charge < -0.3 is 9.84 Å². The molecular weight excluding hydrogens is 152 g/mol. The molecule has 0 radical (unpaired) electrons. The summed E-state index contributed by atoms with van der Waals surface area (Å²) in [6.07, 6.45) is 1.39. The largest absolute Gasteiger partial charge is 0.493 e. The molecule has 0 aliphatic carbocycles. The van der Waals surface area contributed by atoms with Gasteiger partial charge in [0.05, 0.1) is 12.7 Å². The van der Waals surface area contributed by atoms with Gasteiger partial charge >= 0.3 is 0 Å². The minimum atomic E-state index is -0.344. The van der Waals surface area contributed by atoms with Crippen LogP contribution in [0.5, 0.6) is 5.75 Å². The molecular formula is C10H12O2. The van der Waals surface area contributed by atoms with Gasteiger partial charge in [0, 0.05) is 5.56 Å². The van der Waals surface area contributed by atoms with Crippen molar-refractivity contribution >= 4 is 0 Å². The van der Waals surface area contributed by atoms with Crippen molar-refractivity contribution in [2.24, 2.45) is 0 Å². The minimum Gasteiger partial charge on any atom is -0.493 e. The van der Waals surface area contributed by atoms with Crippen molar-refractivity contribution in [3.05, 3.63) is 29.8 Å². The second-order valence-corrected chi connectivity index (χ2v) is 3.04. The van der Waals surface area contributed by atoms with Crippen molar-refractivity contribution in [1.82, 2.24) is 0 Å². The predicted molar refractivity (Wildman–Crippen MR) is 46.1 cm³/mol. The van der Waals surface area contributed by atoms with Crippen LogP contribution in [0.3, 0.4) is 0 Å². The van der Waals surface area contributed by atoms with E-state index >= 15 is 0 Å². The molecule has 0 saturated heterocycles. The highest BCUT2D eigenvalue weighted by Gasteiger charge is 2.15. The zero-order valence-corrected chi connectivity index (χ0v) is 6.86. The molecule has 0 aromatic heterocycles. The maximum atomic E-state index is 9.66. The van der Waals surface area contributed by atoms with Crippen molar-refractivity contribution in [1.29, 1.82) is 0 Å². The zero-order valence-electron chi connectivity index (χ0n) is 6.86. The number of fused-ring (bicyclic) bond motifs is 1. The fraction of sp³-hybridized carbons (Fsp3) is 0.400. The Balaban J connectivity index is 2.39. The van der Waals surface area contributed by atoms with Crippen LogP contribution in [0.4, 0.5) is 0 Å². The quantitative estimate of drug-likeness (QED) is 0.634. The molecule has 1 aromatic rings. The summed E-state index contributed by atoms with van der Waals surface area (Å²) in [5.41, 5.74) is 0.926. The lowest BCUT2D eigenvalue weighted by molar-refractivity contribution is 0.167. The van der Waals surface area contributed by atoms with Crippen molar-refractivity contribution in [2.75, 3.05) is 6.61 Å². The summed E-state index contributed by atoms with van der Waals surface area (Å²) >= 11 is 0. The molecule has 2 heteroatoms. The summed E-state index contributed by atoms with van der Waals surface area (Å²) in [7, 11) is 0. The summed E-state index contributed by atoms with van der Waals surface area (Å²) in [4.78, 5) is 0. The topological polar surface area (TPSA) is 29.5 Å². The fourth-order valence-electron chi connectivity index (χ4n) is 1.50. The number of aliphatic hydroxyl groups excluding tert-OH is 1. The standard InChI is InChI=1S/C10H12O2/c11-9-5-3-7-12-10-6-2-1-4-8(9)10/h1-2,4,6,9,11H,3,5,7H2. The third-order valence-corrected chi connectivity index (χ3v) is 2.16. The van der Waals surface area contributed by atoms with E-state index in [2.05, 4.69) is 0 Å². The first kappa shape index (κ1) is 7.62. The van der Waals surface area contributed by atoms with Gasteiger partial charge in [0.1, 0.15) is 5.75 Å². The number of hydrogen-bond acceptors (Lipinski definition) is 2. The molecule has 2 nitrogen and oxygen atoms in total. The van der Waals surface area contributed by atoms with Crippen LogP contribution in [0.2, 0.25) is 0 Å². The Kier molecular flexibility index (Phi) is 2.00. The van der Waals surface area contributed by atoms with Gasteiger partial charge in [-0.1, -0.05) is 18.2 Å². The Labute approximate surface area is 71.8 Å². The summed E-state index contributed by atoms with van der Waals surface area (Å²) < 4.78 is 5.46. The van der Waals surface area contributed by atoms with E-state index in [1.165, 1.54) is 0 Å². The van der Waals surface area contributed by atoms with E-state index in [1.807, 2.05) is 24.3 Å². The number of benzene rings is 1. The highest BCUT2D eigenvalue weighted by atomic mass is 16.5. The van der Waals surface area contributed by atoms with Crippen LogP contribution in [-0.2, 0) is 0 Å². The molecule has 1 N–H and O–H groups in total. The molecule has 2 rings (SSSR count). The first-order valence-electron chi connectivity index (χ1n) is 4.28. The van der Waals surface area contributed by atoms with Gasteiger partial charge in [0.2, 0.25) is 0 Å². The molecule has 1 aromatic carbocycles. The third-order valence-electron chi connectivity index (χ3n) is 2.16. The lowest BCUT2D eigenvalue weighted by Gasteiger charge is -2.09. The van der Waals surface area contributed by atoms with Crippen LogP contribution in [0.25, 0.3) is 0 Å². The van der Waals surface area contributed by atoms with Gasteiger partial charge in [0.25, 0.3) is 0 Å². The molecule has 1 aliphatic heterocycles. The average molecular weight is 164 g/mol. The highest BCUT2D eigenvalue weighted by Crippen LogP contribution is 2.30. The first-order chi connectivity index (χ1) is 5.88. The minimum absolute atomic E-state index is 0.344. The van der Waals surface area contributed by atoms with E-state index in [-0.39, 0.29) is 6.10 Å². The lowest BCUT2D eigenvalue weighted by atomic mass is 10.1. The Morgan fingerprint density at radius 3 is 3.08 bits per heavy atom. The summed E-state index contributed by atoms with van der Waals surface area (Å²) in [6.45, 7) is 0.716. The van der Waals surface area contributed by atoms with Crippen LogP contribution in [-0.4, -0.2) is 11.7 Å². The molecule has 1 aliphatic rings. The number of hydrogen-bond donors (Lipinski definition) is 1. The maximum absolute atomic E-state index is 9.66. The normalized spacial score (nSPS) is 22.2. The molecule has 0 amide bonds. The lowest BCUT2D eigenvalue weighted by Crippen LogP contribution is -1.95. The number of aliphatic hydroxyl groups is 1. The Morgan fingerprint density at radius 2 is 2.17 bits per heavy atom. The molecule has 0 spiro atoms. The third kappa shape index (κ3) is 1.30. The second-order valence-electron chi connectivity index (χ2n) is 3.04. The number of ether oxygens (including phenoxy) is 1. The monoisotopic (exact) mass is 164 g/mol. The van der Waals surface area contributed by atoms with E-state index in [9.17, 15) is 5.11 Å². The Bertz CT molecular complexity index is 270. The maximum Gasteiger partial charge on any atom is 0.125 e. The van der Waals surface area contributed by atoms with Crippen LogP contribution >= 0.6 is 0 Å². The molecule has 12 heavy (non-hydrogen) atoms.